The Morgan fingerprint density at radius 2 is 2.23 bits per heavy atom. The van der Waals surface area contributed by atoms with E-state index in [0.717, 1.165) is 17.8 Å². The van der Waals surface area contributed by atoms with E-state index in [2.05, 4.69) is 26.1 Å². The molecule has 0 fully saturated rings. The van der Waals surface area contributed by atoms with Crippen molar-refractivity contribution in [2.24, 2.45) is 0 Å². The summed E-state index contributed by atoms with van der Waals surface area (Å²) >= 11 is 3.14. The van der Waals surface area contributed by atoms with E-state index in [4.69, 9.17) is 0 Å². The number of nitrogens with zero attached hydrogens (tertiary/aromatic N) is 2. The van der Waals surface area contributed by atoms with Crippen molar-refractivity contribution in [3.63, 3.8) is 0 Å². The van der Waals surface area contributed by atoms with Crippen LogP contribution < -0.4 is 0 Å². The summed E-state index contributed by atoms with van der Waals surface area (Å²) in [6.45, 7) is 3.79. The SMILES string of the molecule is CCc1nnc(C)cc1C(=O)CBr. The number of Topliss-reactive ketones (excluding diaryl/α,β-unsaturated/α-hetero) is 1. The largest absolute Gasteiger partial charge is 0.293 e. The number of alkyl halides is 1. The predicted molar refractivity (Wildman–Crippen MR) is 54.3 cm³/mol. The fraction of sp³-hybridized carbons (Fsp3) is 0.444. The van der Waals surface area contributed by atoms with Crippen molar-refractivity contribution < 1.29 is 4.79 Å². The van der Waals surface area contributed by atoms with Gasteiger partial charge in [-0.15, -0.1) is 0 Å². The molecule has 13 heavy (non-hydrogen) atoms. The number of ketones is 1. The molecule has 70 valence electrons. The first kappa shape index (κ1) is 10.3. The quantitative estimate of drug-likeness (QED) is 0.601. The smallest absolute Gasteiger partial charge is 0.175 e. The summed E-state index contributed by atoms with van der Waals surface area (Å²) < 4.78 is 0. The van der Waals surface area contributed by atoms with E-state index < -0.39 is 0 Å². The Hall–Kier alpha value is -0.770. The molecule has 0 N–H and O–H groups in total. The van der Waals surface area contributed by atoms with E-state index in [1.54, 1.807) is 6.07 Å². The van der Waals surface area contributed by atoms with Crippen LogP contribution in [0.1, 0.15) is 28.7 Å². The Morgan fingerprint density at radius 3 is 2.77 bits per heavy atom. The van der Waals surface area contributed by atoms with Gasteiger partial charge in [-0.25, -0.2) is 0 Å². The van der Waals surface area contributed by atoms with Crippen molar-refractivity contribution in [3.05, 3.63) is 23.0 Å². The van der Waals surface area contributed by atoms with Crippen molar-refractivity contribution in [3.8, 4) is 0 Å². The minimum atomic E-state index is 0.0647. The first-order valence-electron chi connectivity index (χ1n) is 4.11. The summed E-state index contributed by atoms with van der Waals surface area (Å²) in [6, 6.07) is 1.79. The molecule has 0 aliphatic rings. The lowest BCUT2D eigenvalue weighted by molar-refractivity contribution is 0.102. The first-order chi connectivity index (χ1) is 6.19. The van der Waals surface area contributed by atoms with Gasteiger partial charge in [-0.05, 0) is 19.4 Å². The first-order valence-corrected chi connectivity index (χ1v) is 5.23. The van der Waals surface area contributed by atoms with Crippen LogP contribution in [0.25, 0.3) is 0 Å². The summed E-state index contributed by atoms with van der Waals surface area (Å²) in [4.78, 5) is 11.4. The number of carbonyl (C=O) groups excluding carboxylic acids is 1. The molecular formula is C9H11BrN2O. The average Bonchev–Trinajstić information content (AvgIpc) is 2.16. The number of aryl methyl sites for hydroxylation is 2. The van der Waals surface area contributed by atoms with Gasteiger partial charge >= 0.3 is 0 Å². The summed E-state index contributed by atoms with van der Waals surface area (Å²) in [5, 5.41) is 8.22. The van der Waals surface area contributed by atoms with Gasteiger partial charge in [0.1, 0.15) is 0 Å². The highest BCUT2D eigenvalue weighted by atomic mass is 79.9. The summed E-state index contributed by atoms with van der Waals surface area (Å²) in [7, 11) is 0. The molecule has 0 saturated carbocycles. The maximum Gasteiger partial charge on any atom is 0.175 e. The van der Waals surface area contributed by atoms with Gasteiger partial charge in [-0.3, -0.25) is 4.79 Å². The Labute approximate surface area is 85.7 Å². The number of aromatic nitrogens is 2. The van der Waals surface area contributed by atoms with Crippen LogP contribution in [0.5, 0.6) is 0 Å². The summed E-state index contributed by atoms with van der Waals surface area (Å²) in [6.07, 6.45) is 0.737. The van der Waals surface area contributed by atoms with Crippen molar-refractivity contribution in [1.29, 1.82) is 0 Å². The van der Waals surface area contributed by atoms with Crippen LogP contribution >= 0.6 is 15.9 Å². The van der Waals surface area contributed by atoms with Crippen molar-refractivity contribution in [2.75, 3.05) is 5.33 Å². The molecule has 1 aromatic heterocycles. The molecule has 1 aromatic rings. The van der Waals surface area contributed by atoms with Gasteiger partial charge in [0, 0.05) is 5.56 Å². The molecule has 0 aromatic carbocycles. The van der Waals surface area contributed by atoms with Gasteiger partial charge in [-0.2, -0.15) is 10.2 Å². The number of halogens is 1. The Kier molecular flexibility index (Phi) is 3.54. The standard InChI is InChI=1S/C9H11BrN2O/c1-3-8-7(9(13)5-10)4-6(2)11-12-8/h4H,3,5H2,1-2H3. The van der Waals surface area contributed by atoms with Gasteiger partial charge in [0.25, 0.3) is 0 Å². The second-order valence-electron chi connectivity index (χ2n) is 2.76. The molecule has 0 saturated heterocycles. The third kappa shape index (κ3) is 2.34. The van der Waals surface area contributed by atoms with Crippen LogP contribution in [0.15, 0.2) is 6.07 Å². The van der Waals surface area contributed by atoms with Gasteiger partial charge in [0.05, 0.1) is 16.7 Å². The molecule has 0 amide bonds. The fourth-order valence-electron chi connectivity index (χ4n) is 1.09. The molecule has 4 heteroatoms. The van der Waals surface area contributed by atoms with Gasteiger partial charge in [0.15, 0.2) is 5.78 Å². The molecule has 3 nitrogen and oxygen atoms in total. The monoisotopic (exact) mass is 242 g/mol. The van der Waals surface area contributed by atoms with E-state index in [0.29, 0.717) is 10.9 Å². The van der Waals surface area contributed by atoms with Crippen LogP contribution in [0.4, 0.5) is 0 Å². The van der Waals surface area contributed by atoms with E-state index in [1.807, 2.05) is 13.8 Å². The lowest BCUT2D eigenvalue weighted by atomic mass is 10.1. The van der Waals surface area contributed by atoms with E-state index >= 15 is 0 Å². The van der Waals surface area contributed by atoms with E-state index in [9.17, 15) is 4.79 Å². The maximum absolute atomic E-state index is 11.4. The molecule has 0 radical (unpaired) electrons. The number of hydrogen-bond donors (Lipinski definition) is 0. The molecular weight excluding hydrogens is 232 g/mol. The zero-order valence-electron chi connectivity index (χ0n) is 7.67. The number of carbonyl (C=O) groups is 1. The molecule has 0 spiro atoms. The molecule has 0 unspecified atom stereocenters. The topological polar surface area (TPSA) is 42.9 Å². The lowest BCUT2D eigenvalue weighted by Crippen LogP contribution is -2.08. The number of rotatable bonds is 3. The molecule has 0 aliphatic heterocycles. The molecule has 1 heterocycles. The van der Waals surface area contributed by atoms with Gasteiger partial charge in [0.2, 0.25) is 0 Å². The normalized spacial score (nSPS) is 10.1. The molecule has 0 atom stereocenters. The molecule has 1 rings (SSSR count). The Bertz CT molecular complexity index is 325. The van der Waals surface area contributed by atoms with Crippen LogP contribution in [0.2, 0.25) is 0 Å². The summed E-state index contributed by atoms with van der Waals surface area (Å²) in [5.74, 6) is 0.0647. The van der Waals surface area contributed by atoms with Gasteiger partial charge < -0.3 is 0 Å². The van der Waals surface area contributed by atoms with E-state index in [-0.39, 0.29) is 5.78 Å². The average molecular weight is 243 g/mol. The van der Waals surface area contributed by atoms with Crippen LogP contribution in [0.3, 0.4) is 0 Å². The van der Waals surface area contributed by atoms with Crippen LogP contribution in [-0.2, 0) is 6.42 Å². The van der Waals surface area contributed by atoms with Crippen molar-refractivity contribution in [1.82, 2.24) is 10.2 Å². The van der Waals surface area contributed by atoms with Crippen LogP contribution in [0, 0.1) is 6.92 Å². The van der Waals surface area contributed by atoms with E-state index in [1.165, 1.54) is 0 Å². The predicted octanol–water partition coefficient (Wildman–Crippen LogP) is 1.93. The third-order valence-electron chi connectivity index (χ3n) is 1.75. The summed E-state index contributed by atoms with van der Waals surface area (Å²) in [5.41, 5.74) is 2.24. The zero-order chi connectivity index (χ0) is 9.84. The highest BCUT2D eigenvalue weighted by Gasteiger charge is 2.10. The van der Waals surface area contributed by atoms with Crippen molar-refractivity contribution >= 4 is 21.7 Å². The third-order valence-corrected chi connectivity index (χ3v) is 2.26. The minimum Gasteiger partial charge on any atom is -0.293 e. The molecule has 0 bridgehead atoms. The maximum atomic E-state index is 11.4. The highest BCUT2D eigenvalue weighted by molar-refractivity contribution is 9.09. The highest BCUT2D eigenvalue weighted by Crippen LogP contribution is 2.09. The second kappa shape index (κ2) is 4.46. The zero-order valence-corrected chi connectivity index (χ0v) is 9.26. The minimum absolute atomic E-state index is 0.0647. The lowest BCUT2D eigenvalue weighted by Gasteiger charge is -2.03. The van der Waals surface area contributed by atoms with Crippen LogP contribution in [-0.4, -0.2) is 21.3 Å². The fourth-order valence-corrected chi connectivity index (χ4v) is 1.39. The second-order valence-corrected chi connectivity index (χ2v) is 3.32. The Balaban J connectivity index is 3.15. The van der Waals surface area contributed by atoms with Gasteiger partial charge in [-0.1, -0.05) is 22.9 Å². The Morgan fingerprint density at radius 1 is 1.54 bits per heavy atom. The van der Waals surface area contributed by atoms with Crippen molar-refractivity contribution in [2.45, 2.75) is 20.3 Å². The molecule has 0 aliphatic carbocycles. The number of hydrogen-bond acceptors (Lipinski definition) is 3.